The number of rotatable bonds is 7. The largest absolute Gasteiger partial charge is 0.383 e. The van der Waals surface area contributed by atoms with Crippen LogP contribution in [0.25, 0.3) is 0 Å². The number of halogens is 2. The van der Waals surface area contributed by atoms with Gasteiger partial charge in [0, 0.05) is 20.2 Å². The Balaban J connectivity index is 1.66. The van der Waals surface area contributed by atoms with Crippen LogP contribution in [0, 0.1) is 28.9 Å². The molecule has 116 valence electrons. The number of hydrogen-bond donors (Lipinski definition) is 1. The molecule has 0 spiro atoms. The van der Waals surface area contributed by atoms with E-state index in [2.05, 4.69) is 5.32 Å². The molecule has 3 rings (SSSR count). The quantitative estimate of drug-likeness (QED) is 0.780. The van der Waals surface area contributed by atoms with Gasteiger partial charge in [0.25, 0.3) is 0 Å². The highest BCUT2D eigenvalue weighted by atomic mass is 19.2. The fraction of sp³-hybridized carbons (Fsp3) is 0.647. The van der Waals surface area contributed by atoms with Crippen molar-refractivity contribution in [1.82, 2.24) is 5.32 Å². The summed E-state index contributed by atoms with van der Waals surface area (Å²) in [4.78, 5) is 0. The molecule has 2 saturated carbocycles. The fourth-order valence-corrected chi connectivity index (χ4v) is 3.97. The van der Waals surface area contributed by atoms with Gasteiger partial charge in [-0.2, -0.15) is 0 Å². The van der Waals surface area contributed by atoms with Gasteiger partial charge in [-0.25, -0.2) is 8.78 Å². The van der Waals surface area contributed by atoms with Gasteiger partial charge in [0.1, 0.15) is 0 Å². The lowest BCUT2D eigenvalue weighted by molar-refractivity contribution is 0.186. The average Bonchev–Trinajstić information content (AvgIpc) is 3.07. The van der Waals surface area contributed by atoms with E-state index in [0.29, 0.717) is 6.61 Å². The normalized spacial score (nSPS) is 30.4. The minimum Gasteiger partial charge on any atom is -0.383 e. The van der Waals surface area contributed by atoms with E-state index >= 15 is 0 Å². The SMILES string of the molecule is COCCNCC1(Cc2ccc(F)c(F)c2)CC2CC2C1. The number of fused-ring (bicyclic) bond motifs is 1. The van der Waals surface area contributed by atoms with Gasteiger partial charge in [-0.15, -0.1) is 0 Å². The van der Waals surface area contributed by atoms with Crippen molar-refractivity contribution in [3.63, 3.8) is 0 Å². The van der Waals surface area contributed by atoms with Crippen LogP contribution in [-0.4, -0.2) is 26.8 Å². The van der Waals surface area contributed by atoms with Crippen molar-refractivity contribution < 1.29 is 13.5 Å². The van der Waals surface area contributed by atoms with Crippen molar-refractivity contribution in [2.24, 2.45) is 17.3 Å². The highest BCUT2D eigenvalue weighted by molar-refractivity contribution is 5.21. The standard InChI is InChI=1S/C17H23F2NO/c1-21-5-4-20-11-17(9-13-7-14(13)10-17)8-12-2-3-15(18)16(19)6-12/h2-3,6,13-14,20H,4-5,7-11H2,1H3. The molecule has 2 aliphatic rings. The zero-order valence-corrected chi connectivity index (χ0v) is 12.5. The number of ether oxygens (including phenoxy) is 1. The smallest absolute Gasteiger partial charge is 0.159 e. The van der Waals surface area contributed by atoms with E-state index < -0.39 is 11.6 Å². The molecule has 2 atom stereocenters. The summed E-state index contributed by atoms with van der Waals surface area (Å²) in [6.07, 6.45) is 4.60. The van der Waals surface area contributed by atoms with Crippen LogP contribution in [0.15, 0.2) is 18.2 Å². The third-order valence-corrected chi connectivity index (χ3v) is 5.01. The van der Waals surface area contributed by atoms with Crippen LogP contribution >= 0.6 is 0 Å². The predicted octanol–water partition coefficient (Wildman–Crippen LogP) is 3.16. The van der Waals surface area contributed by atoms with Gasteiger partial charge in [0.2, 0.25) is 0 Å². The fourth-order valence-electron chi connectivity index (χ4n) is 3.97. The molecule has 0 aromatic heterocycles. The molecule has 2 aliphatic carbocycles. The van der Waals surface area contributed by atoms with Crippen molar-refractivity contribution in [1.29, 1.82) is 0 Å². The average molecular weight is 295 g/mol. The second-order valence-electron chi connectivity index (χ2n) is 6.76. The lowest BCUT2D eigenvalue weighted by Gasteiger charge is -2.31. The summed E-state index contributed by atoms with van der Waals surface area (Å²) in [6, 6.07) is 4.32. The van der Waals surface area contributed by atoms with E-state index in [4.69, 9.17) is 4.74 Å². The van der Waals surface area contributed by atoms with E-state index in [1.54, 1.807) is 13.2 Å². The molecule has 1 aromatic rings. The van der Waals surface area contributed by atoms with E-state index in [1.165, 1.54) is 31.4 Å². The van der Waals surface area contributed by atoms with Gasteiger partial charge >= 0.3 is 0 Å². The zero-order chi connectivity index (χ0) is 14.9. The van der Waals surface area contributed by atoms with Crippen molar-refractivity contribution >= 4 is 0 Å². The Hall–Kier alpha value is -1.00. The summed E-state index contributed by atoms with van der Waals surface area (Å²) < 4.78 is 31.5. The van der Waals surface area contributed by atoms with Crippen LogP contribution in [0.3, 0.4) is 0 Å². The first-order chi connectivity index (χ1) is 10.1. The lowest BCUT2D eigenvalue weighted by Crippen LogP contribution is -2.36. The van der Waals surface area contributed by atoms with Gasteiger partial charge in [-0.1, -0.05) is 6.07 Å². The maximum absolute atomic E-state index is 13.4. The first kappa shape index (κ1) is 14.9. The Kier molecular flexibility index (Phi) is 4.27. The van der Waals surface area contributed by atoms with Crippen molar-refractivity contribution in [2.75, 3.05) is 26.8 Å². The molecule has 0 radical (unpaired) electrons. The van der Waals surface area contributed by atoms with Crippen LogP contribution in [0.1, 0.15) is 24.8 Å². The van der Waals surface area contributed by atoms with Gasteiger partial charge < -0.3 is 10.1 Å². The second kappa shape index (κ2) is 6.01. The molecule has 0 heterocycles. The number of benzene rings is 1. The second-order valence-corrected chi connectivity index (χ2v) is 6.76. The minimum absolute atomic E-state index is 0.200. The summed E-state index contributed by atoms with van der Waals surface area (Å²) in [5.74, 6) is 0.220. The van der Waals surface area contributed by atoms with Crippen molar-refractivity contribution in [3.8, 4) is 0 Å². The first-order valence-corrected chi connectivity index (χ1v) is 7.75. The maximum atomic E-state index is 13.4. The number of hydrogen-bond acceptors (Lipinski definition) is 2. The maximum Gasteiger partial charge on any atom is 0.159 e. The van der Waals surface area contributed by atoms with E-state index in [1.807, 2.05) is 0 Å². The Morgan fingerprint density at radius 3 is 2.67 bits per heavy atom. The number of methoxy groups -OCH3 is 1. The van der Waals surface area contributed by atoms with Crippen LogP contribution in [0.5, 0.6) is 0 Å². The molecular weight excluding hydrogens is 272 g/mol. The summed E-state index contributed by atoms with van der Waals surface area (Å²) in [5.41, 5.74) is 1.11. The molecule has 0 saturated heterocycles. The third-order valence-electron chi connectivity index (χ3n) is 5.01. The molecule has 0 aliphatic heterocycles. The lowest BCUT2D eigenvalue weighted by atomic mass is 9.77. The molecule has 0 bridgehead atoms. The molecule has 2 unspecified atom stereocenters. The van der Waals surface area contributed by atoms with Gasteiger partial charge in [-0.05, 0) is 60.6 Å². The monoisotopic (exact) mass is 295 g/mol. The summed E-state index contributed by atoms with van der Waals surface area (Å²) in [6.45, 7) is 2.47. The molecule has 21 heavy (non-hydrogen) atoms. The Morgan fingerprint density at radius 2 is 2.00 bits per heavy atom. The topological polar surface area (TPSA) is 21.3 Å². The molecule has 2 fully saturated rings. The Labute approximate surface area is 124 Å². The predicted molar refractivity (Wildman–Crippen MR) is 78.1 cm³/mol. The Bertz CT molecular complexity index is 496. The van der Waals surface area contributed by atoms with E-state index in [9.17, 15) is 8.78 Å². The van der Waals surface area contributed by atoms with Crippen LogP contribution in [-0.2, 0) is 11.2 Å². The van der Waals surface area contributed by atoms with Gasteiger partial charge in [0.05, 0.1) is 6.61 Å². The zero-order valence-electron chi connectivity index (χ0n) is 12.5. The van der Waals surface area contributed by atoms with Crippen LogP contribution in [0.2, 0.25) is 0 Å². The van der Waals surface area contributed by atoms with Gasteiger partial charge in [0.15, 0.2) is 11.6 Å². The van der Waals surface area contributed by atoms with Crippen LogP contribution < -0.4 is 5.32 Å². The molecular formula is C17H23F2NO. The Morgan fingerprint density at radius 1 is 1.24 bits per heavy atom. The summed E-state index contributed by atoms with van der Waals surface area (Å²) >= 11 is 0. The summed E-state index contributed by atoms with van der Waals surface area (Å²) in [5, 5.41) is 3.46. The molecule has 1 aromatic carbocycles. The molecule has 2 nitrogen and oxygen atoms in total. The highest BCUT2D eigenvalue weighted by Gasteiger charge is 2.53. The summed E-state index contributed by atoms with van der Waals surface area (Å²) in [7, 11) is 1.70. The third kappa shape index (κ3) is 3.43. The molecule has 1 N–H and O–H groups in total. The van der Waals surface area contributed by atoms with Gasteiger partial charge in [-0.3, -0.25) is 0 Å². The molecule has 4 heteroatoms. The first-order valence-electron chi connectivity index (χ1n) is 7.75. The van der Waals surface area contributed by atoms with E-state index in [-0.39, 0.29) is 5.41 Å². The number of nitrogens with one attached hydrogen (secondary N) is 1. The van der Waals surface area contributed by atoms with Crippen molar-refractivity contribution in [3.05, 3.63) is 35.4 Å². The van der Waals surface area contributed by atoms with E-state index in [0.717, 1.165) is 36.9 Å². The molecule has 0 amide bonds. The minimum atomic E-state index is -0.764. The van der Waals surface area contributed by atoms with Crippen LogP contribution in [0.4, 0.5) is 8.78 Å². The van der Waals surface area contributed by atoms with Crippen molar-refractivity contribution in [2.45, 2.75) is 25.7 Å². The highest BCUT2D eigenvalue weighted by Crippen LogP contribution is 2.60.